The number of nitro benzene ring substituents is 1. The SMILES string of the molecule is Cc1ccc(CN2CCC(C(O)C(F)(F)F)CC2)cc1[N+](=O)[O-]. The van der Waals surface area contributed by atoms with Crippen LogP contribution in [0.1, 0.15) is 24.0 Å². The molecule has 0 radical (unpaired) electrons. The first-order valence-corrected chi connectivity index (χ1v) is 7.39. The highest BCUT2D eigenvalue weighted by Gasteiger charge is 2.44. The van der Waals surface area contributed by atoms with Gasteiger partial charge in [-0.05, 0) is 44.3 Å². The molecule has 0 aromatic heterocycles. The molecule has 0 saturated carbocycles. The number of halogens is 3. The quantitative estimate of drug-likeness (QED) is 0.680. The molecule has 1 aliphatic rings. The zero-order chi connectivity index (χ0) is 17.2. The molecule has 1 aliphatic heterocycles. The number of aryl methyl sites for hydroxylation is 1. The number of hydrogen-bond donors (Lipinski definition) is 1. The maximum atomic E-state index is 12.5. The molecule has 1 aromatic carbocycles. The number of piperidine rings is 1. The number of likely N-dealkylation sites (tertiary alicyclic amines) is 1. The maximum absolute atomic E-state index is 12.5. The van der Waals surface area contributed by atoms with Gasteiger partial charge in [0.05, 0.1) is 4.92 Å². The molecule has 1 saturated heterocycles. The van der Waals surface area contributed by atoms with Gasteiger partial charge in [0.25, 0.3) is 5.69 Å². The number of hydrogen-bond acceptors (Lipinski definition) is 4. The summed E-state index contributed by atoms with van der Waals surface area (Å²) >= 11 is 0. The van der Waals surface area contributed by atoms with E-state index < -0.39 is 23.1 Å². The van der Waals surface area contributed by atoms with Gasteiger partial charge in [0.15, 0.2) is 6.10 Å². The van der Waals surface area contributed by atoms with E-state index in [1.165, 1.54) is 6.07 Å². The van der Waals surface area contributed by atoms with Crippen LogP contribution in [0.2, 0.25) is 0 Å². The number of rotatable bonds is 4. The molecule has 1 fully saturated rings. The zero-order valence-electron chi connectivity index (χ0n) is 12.7. The summed E-state index contributed by atoms with van der Waals surface area (Å²) in [5, 5.41) is 20.2. The van der Waals surface area contributed by atoms with E-state index in [-0.39, 0.29) is 18.5 Å². The Kier molecular flexibility index (Phi) is 5.26. The summed E-state index contributed by atoms with van der Waals surface area (Å²) in [6.07, 6.45) is -6.33. The Morgan fingerprint density at radius 2 is 2.00 bits per heavy atom. The predicted molar refractivity (Wildman–Crippen MR) is 77.9 cm³/mol. The monoisotopic (exact) mass is 332 g/mol. The third-order valence-corrected chi connectivity index (χ3v) is 4.29. The molecule has 2 rings (SSSR count). The van der Waals surface area contributed by atoms with Crippen molar-refractivity contribution in [3.63, 3.8) is 0 Å². The fourth-order valence-electron chi connectivity index (χ4n) is 2.90. The van der Waals surface area contributed by atoms with Crippen LogP contribution in [0, 0.1) is 23.0 Å². The van der Waals surface area contributed by atoms with E-state index >= 15 is 0 Å². The van der Waals surface area contributed by atoms with Crippen molar-refractivity contribution >= 4 is 5.69 Å². The number of aliphatic hydroxyl groups is 1. The van der Waals surface area contributed by atoms with Crippen LogP contribution in [0.25, 0.3) is 0 Å². The fourth-order valence-corrected chi connectivity index (χ4v) is 2.90. The Morgan fingerprint density at radius 3 is 2.52 bits per heavy atom. The average Bonchev–Trinajstić information content (AvgIpc) is 2.48. The van der Waals surface area contributed by atoms with E-state index in [1.807, 2.05) is 4.90 Å². The molecule has 0 bridgehead atoms. The highest BCUT2D eigenvalue weighted by Crippen LogP contribution is 2.32. The summed E-state index contributed by atoms with van der Waals surface area (Å²) in [5.74, 6) is -0.779. The Hall–Kier alpha value is -1.67. The molecular formula is C15H19F3N2O3. The number of nitro groups is 1. The molecular weight excluding hydrogens is 313 g/mol. The largest absolute Gasteiger partial charge is 0.414 e. The van der Waals surface area contributed by atoms with Crippen LogP contribution in [0.5, 0.6) is 0 Å². The topological polar surface area (TPSA) is 66.6 Å². The lowest BCUT2D eigenvalue weighted by atomic mass is 9.90. The number of benzene rings is 1. The summed E-state index contributed by atoms with van der Waals surface area (Å²) in [6, 6.07) is 4.97. The second-order valence-electron chi connectivity index (χ2n) is 5.98. The molecule has 0 amide bonds. The van der Waals surface area contributed by atoms with Gasteiger partial charge >= 0.3 is 6.18 Å². The molecule has 5 nitrogen and oxygen atoms in total. The average molecular weight is 332 g/mol. The van der Waals surface area contributed by atoms with E-state index in [9.17, 15) is 28.4 Å². The van der Waals surface area contributed by atoms with E-state index in [0.717, 1.165) is 5.56 Å². The minimum absolute atomic E-state index is 0.0462. The number of aliphatic hydroxyl groups excluding tert-OH is 1. The van der Waals surface area contributed by atoms with Crippen molar-refractivity contribution in [3.8, 4) is 0 Å². The normalized spacial score (nSPS) is 18.8. The summed E-state index contributed by atoms with van der Waals surface area (Å²) in [6.45, 7) is 2.97. The fraction of sp³-hybridized carbons (Fsp3) is 0.600. The van der Waals surface area contributed by atoms with E-state index in [2.05, 4.69) is 0 Å². The summed E-state index contributed by atoms with van der Waals surface area (Å²) in [5.41, 5.74) is 1.38. The van der Waals surface area contributed by atoms with Crippen molar-refractivity contribution in [3.05, 3.63) is 39.4 Å². The Balaban J connectivity index is 1.94. The molecule has 1 N–H and O–H groups in total. The van der Waals surface area contributed by atoms with Crippen LogP contribution < -0.4 is 0 Å². The van der Waals surface area contributed by atoms with Crippen molar-refractivity contribution < 1.29 is 23.2 Å². The van der Waals surface area contributed by atoms with Crippen LogP contribution in [0.3, 0.4) is 0 Å². The maximum Gasteiger partial charge on any atom is 0.414 e. The smallest absolute Gasteiger partial charge is 0.383 e. The van der Waals surface area contributed by atoms with E-state index in [0.29, 0.717) is 25.2 Å². The summed E-state index contributed by atoms with van der Waals surface area (Å²) < 4.78 is 37.5. The molecule has 128 valence electrons. The number of nitrogens with zero attached hydrogens (tertiary/aromatic N) is 2. The Labute approximate surface area is 131 Å². The van der Waals surface area contributed by atoms with Gasteiger partial charge in [-0.25, -0.2) is 0 Å². The van der Waals surface area contributed by atoms with Gasteiger partial charge in [-0.1, -0.05) is 12.1 Å². The highest BCUT2D eigenvalue weighted by atomic mass is 19.4. The van der Waals surface area contributed by atoms with Gasteiger partial charge in [-0.3, -0.25) is 15.0 Å². The van der Waals surface area contributed by atoms with Gasteiger partial charge in [0.1, 0.15) is 0 Å². The van der Waals surface area contributed by atoms with E-state index in [1.54, 1.807) is 19.1 Å². The van der Waals surface area contributed by atoms with Crippen molar-refractivity contribution in [2.45, 2.75) is 38.6 Å². The molecule has 8 heteroatoms. The highest BCUT2D eigenvalue weighted by molar-refractivity contribution is 5.42. The second kappa shape index (κ2) is 6.84. The summed E-state index contributed by atoms with van der Waals surface area (Å²) in [7, 11) is 0. The standard InChI is InChI=1S/C15H19F3N2O3/c1-10-2-3-11(8-13(10)20(22)23)9-19-6-4-12(5-7-19)14(21)15(16,17)18/h2-3,8,12,14,21H,4-7,9H2,1H3. The molecule has 23 heavy (non-hydrogen) atoms. The predicted octanol–water partition coefficient (Wildman–Crippen LogP) is 3.04. The van der Waals surface area contributed by atoms with Crippen molar-refractivity contribution in [2.75, 3.05) is 13.1 Å². The second-order valence-corrected chi connectivity index (χ2v) is 5.98. The third-order valence-electron chi connectivity index (χ3n) is 4.29. The molecule has 1 atom stereocenters. The number of alkyl halides is 3. The van der Waals surface area contributed by atoms with E-state index in [4.69, 9.17) is 0 Å². The summed E-state index contributed by atoms with van der Waals surface area (Å²) in [4.78, 5) is 12.4. The van der Waals surface area contributed by atoms with Gasteiger partial charge in [0, 0.05) is 18.2 Å². The third kappa shape index (κ3) is 4.42. The van der Waals surface area contributed by atoms with Crippen molar-refractivity contribution in [2.24, 2.45) is 5.92 Å². The molecule has 0 spiro atoms. The lowest BCUT2D eigenvalue weighted by Crippen LogP contribution is -2.43. The van der Waals surface area contributed by atoms with Crippen LogP contribution >= 0.6 is 0 Å². The van der Waals surface area contributed by atoms with Crippen LogP contribution in [-0.2, 0) is 6.54 Å². The Bertz CT molecular complexity index is 570. The first-order valence-electron chi connectivity index (χ1n) is 7.39. The molecule has 1 unspecified atom stereocenters. The molecule has 1 heterocycles. The van der Waals surface area contributed by atoms with Crippen molar-refractivity contribution in [1.82, 2.24) is 4.90 Å². The Morgan fingerprint density at radius 1 is 1.39 bits per heavy atom. The van der Waals surface area contributed by atoms with Crippen LogP contribution in [0.15, 0.2) is 18.2 Å². The van der Waals surface area contributed by atoms with Gasteiger partial charge in [-0.2, -0.15) is 13.2 Å². The van der Waals surface area contributed by atoms with Gasteiger partial charge < -0.3 is 5.11 Å². The van der Waals surface area contributed by atoms with Gasteiger partial charge in [-0.15, -0.1) is 0 Å². The van der Waals surface area contributed by atoms with Crippen LogP contribution in [0.4, 0.5) is 18.9 Å². The molecule has 0 aliphatic carbocycles. The first-order chi connectivity index (χ1) is 10.7. The molecule has 1 aromatic rings. The zero-order valence-corrected chi connectivity index (χ0v) is 12.7. The minimum atomic E-state index is -4.58. The minimum Gasteiger partial charge on any atom is -0.383 e. The lowest BCUT2D eigenvalue weighted by molar-refractivity contribution is -0.385. The van der Waals surface area contributed by atoms with Gasteiger partial charge in [0.2, 0.25) is 0 Å². The van der Waals surface area contributed by atoms with Crippen LogP contribution in [-0.4, -0.2) is 40.3 Å². The first kappa shape index (κ1) is 17.7. The van der Waals surface area contributed by atoms with Crippen molar-refractivity contribution in [1.29, 1.82) is 0 Å². The lowest BCUT2D eigenvalue weighted by Gasteiger charge is -2.34.